The number of halogens is 4. The highest BCUT2D eigenvalue weighted by molar-refractivity contribution is 6.34. The van der Waals surface area contributed by atoms with E-state index in [2.05, 4.69) is 25.5 Å². The lowest BCUT2D eigenvalue weighted by Crippen LogP contribution is -2.50. The number of carbonyl (C=O) groups excluding carboxylic acids is 4. The quantitative estimate of drug-likeness (QED) is 0.0870. The van der Waals surface area contributed by atoms with Gasteiger partial charge in [0, 0.05) is 80.9 Å². The molecule has 1 aliphatic carbocycles. The number of hydrogen-bond acceptors (Lipinski definition) is 10. The van der Waals surface area contributed by atoms with Crippen LogP contribution in [0.15, 0.2) is 48.5 Å². The summed E-state index contributed by atoms with van der Waals surface area (Å²) in [6, 6.07) is 11.4. The summed E-state index contributed by atoms with van der Waals surface area (Å²) in [5.74, 6) is 2.22. The molecule has 5 amide bonds. The number of benzene rings is 3. The molecular formula is C50H61ClF3N9O5. The van der Waals surface area contributed by atoms with Crippen LogP contribution < -0.4 is 26.0 Å². The van der Waals surface area contributed by atoms with Gasteiger partial charge in [0.2, 0.25) is 11.8 Å². The number of hydrogen-bond donors (Lipinski definition) is 3. The molecule has 0 unspecified atom stereocenters. The van der Waals surface area contributed by atoms with E-state index in [1.165, 1.54) is 11.0 Å². The maximum Gasteiger partial charge on any atom is 0.416 e. The Kier molecular flexibility index (Phi) is 15.0. The van der Waals surface area contributed by atoms with E-state index in [0.717, 1.165) is 114 Å². The van der Waals surface area contributed by atoms with E-state index < -0.39 is 23.8 Å². The summed E-state index contributed by atoms with van der Waals surface area (Å²) in [6.07, 6.45) is 4.02. The SMILES string of the molecule is COc1cc2nc(C)nc(N[C@H](C)c3cc(N)cc(C(F)(F)F)c3)c2cc1[C@H]1CC[C@H](C(=O)N2CCN(CCCCC3CCN(C(=O)c4ccc(Cl)c(N5CCC(=O)NC5=O)c4)CC3)CC2)CC1. The van der Waals surface area contributed by atoms with Crippen LogP contribution in [0, 0.1) is 18.8 Å². The van der Waals surface area contributed by atoms with E-state index >= 15 is 0 Å². The number of aryl methyl sites for hydroxylation is 1. The summed E-state index contributed by atoms with van der Waals surface area (Å²) in [6.45, 7) is 9.28. The van der Waals surface area contributed by atoms with E-state index in [4.69, 9.17) is 22.1 Å². The maximum atomic E-state index is 13.8. The van der Waals surface area contributed by atoms with Crippen LogP contribution in [0.25, 0.3) is 10.9 Å². The van der Waals surface area contributed by atoms with Crippen LogP contribution in [-0.2, 0) is 15.8 Å². The van der Waals surface area contributed by atoms with Crippen LogP contribution in [0.1, 0.15) is 116 Å². The summed E-state index contributed by atoms with van der Waals surface area (Å²) < 4.78 is 46.7. The van der Waals surface area contributed by atoms with Crippen LogP contribution in [0.3, 0.4) is 0 Å². The van der Waals surface area contributed by atoms with Crippen LogP contribution in [0.4, 0.5) is 35.2 Å². The van der Waals surface area contributed by atoms with E-state index in [1.54, 1.807) is 39.2 Å². The highest BCUT2D eigenvalue weighted by Crippen LogP contribution is 2.43. The molecule has 14 nitrogen and oxygen atoms in total. The predicted octanol–water partition coefficient (Wildman–Crippen LogP) is 8.96. The molecule has 0 bridgehead atoms. The van der Waals surface area contributed by atoms with Crippen molar-refractivity contribution < 1.29 is 37.1 Å². The third-order valence-corrected chi connectivity index (χ3v) is 14.6. The molecule has 364 valence electrons. The number of piperazine rings is 1. The maximum absolute atomic E-state index is 13.8. The number of fused-ring (bicyclic) bond motifs is 1. The van der Waals surface area contributed by atoms with E-state index in [1.807, 2.05) is 21.9 Å². The van der Waals surface area contributed by atoms with Crippen molar-refractivity contribution in [3.8, 4) is 5.75 Å². The summed E-state index contributed by atoms with van der Waals surface area (Å²) in [5, 5.41) is 6.72. The van der Waals surface area contributed by atoms with Gasteiger partial charge in [-0.05, 0) is 131 Å². The molecule has 68 heavy (non-hydrogen) atoms. The first-order chi connectivity index (χ1) is 32.5. The number of unbranched alkanes of at least 4 members (excludes halogenated alkanes) is 1. The molecule has 4 aromatic rings. The summed E-state index contributed by atoms with van der Waals surface area (Å²) >= 11 is 6.40. The summed E-state index contributed by atoms with van der Waals surface area (Å²) in [7, 11) is 1.63. The fraction of sp³-hybridized carbons (Fsp3) is 0.520. The second kappa shape index (κ2) is 20.9. The second-order valence-electron chi connectivity index (χ2n) is 18.9. The standard InChI is InChI=1S/C50H61ClF3N9O5/c1-30(36-24-37(50(52,53)54)27-38(55)25-36)56-46-40-28-39(44(68-3)29-42(40)57-31(2)58-46)33-7-9-34(10-8-33)47(65)62-22-20-60(21-23-62)16-5-4-6-32-13-17-61(18-14-32)48(66)35-11-12-41(51)43(26-35)63-19-15-45(64)59-49(63)67/h11-12,24-30,32-34H,4-10,13-23,55H2,1-3H3,(H,56,57,58)(H,59,64,67)/t30-,33-,34-/m1/s1. The molecule has 4 aliphatic rings. The van der Waals surface area contributed by atoms with Gasteiger partial charge in [0.15, 0.2) is 0 Å². The molecular weight excluding hydrogens is 899 g/mol. The van der Waals surface area contributed by atoms with E-state index in [0.29, 0.717) is 63.8 Å². The molecule has 4 fully saturated rings. The first kappa shape index (κ1) is 48.8. The van der Waals surface area contributed by atoms with Gasteiger partial charge >= 0.3 is 12.2 Å². The number of aromatic nitrogens is 2. The number of carbonyl (C=O) groups is 4. The average Bonchev–Trinajstić information content (AvgIpc) is 3.32. The minimum Gasteiger partial charge on any atom is -0.496 e. The number of likely N-dealkylation sites (tertiary alicyclic amines) is 1. The van der Waals surface area contributed by atoms with E-state index in [-0.39, 0.29) is 48.2 Å². The zero-order chi connectivity index (χ0) is 48.3. The van der Waals surface area contributed by atoms with Crippen molar-refractivity contribution in [1.82, 2.24) is 30.0 Å². The van der Waals surface area contributed by atoms with Crippen molar-refractivity contribution in [2.24, 2.45) is 11.8 Å². The largest absolute Gasteiger partial charge is 0.496 e. The lowest BCUT2D eigenvalue weighted by atomic mass is 9.77. The van der Waals surface area contributed by atoms with Gasteiger partial charge in [0.1, 0.15) is 17.4 Å². The Bertz CT molecular complexity index is 2520. The third-order valence-electron chi connectivity index (χ3n) is 14.3. The smallest absolute Gasteiger partial charge is 0.416 e. The van der Waals surface area contributed by atoms with Gasteiger partial charge in [-0.15, -0.1) is 0 Å². The molecule has 3 saturated heterocycles. The third kappa shape index (κ3) is 11.3. The monoisotopic (exact) mass is 959 g/mol. The number of rotatable bonds is 13. The van der Waals surface area contributed by atoms with Gasteiger partial charge < -0.3 is 25.6 Å². The van der Waals surface area contributed by atoms with Gasteiger partial charge in [-0.25, -0.2) is 14.8 Å². The average molecular weight is 961 g/mol. The van der Waals surface area contributed by atoms with Gasteiger partial charge in [0.25, 0.3) is 5.91 Å². The number of alkyl halides is 3. The molecule has 3 aliphatic heterocycles. The first-order valence-electron chi connectivity index (χ1n) is 23.9. The van der Waals surface area contributed by atoms with Crippen molar-refractivity contribution in [2.75, 3.05) is 75.4 Å². The Labute approximate surface area is 400 Å². The van der Waals surface area contributed by atoms with Crippen molar-refractivity contribution in [2.45, 2.75) is 96.2 Å². The van der Waals surface area contributed by atoms with Crippen LogP contribution >= 0.6 is 11.6 Å². The molecule has 0 spiro atoms. The highest BCUT2D eigenvalue weighted by Gasteiger charge is 2.35. The van der Waals surface area contributed by atoms with Gasteiger partial charge in [-0.3, -0.25) is 29.5 Å². The van der Waals surface area contributed by atoms with Crippen molar-refractivity contribution in [3.05, 3.63) is 81.6 Å². The zero-order valence-electron chi connectivity index (χ0n) is 39.0. The number of imide groups is 1. The molecule has 1 atom stereocenters. The second-order valence-corrected chi connectivity index (χ2v) is 19.3. The lowest BCUT2D eigenvalue weighted by molar-refractivity contribution is -0.138. The number of piperidine rings is 1. The number of amides is 5. The fourth-order valence-electron chi connectivity index (χ4n) is 10.4. The molecule has 18 heteroatoms. The van der Waals surface area contributed by atoms with Crippen molar-refractivity contribution >= 4 is 63.4 Å². The highest BCUT2D eigenvalue weighted by atomic mass is 35.5. The summed E-state index contributed by atoms with van der Waals surface area (Å²) in [4.78, 5) is 68.4. The Morgan fingerprint density at radius 1 is 0.912 bits per heavy atom. The molecule has 3 aromatic carbocycles. The van der Waals surface area contributed by atoms with Crippen LogP contribution in [0.5, 0.6) is 5.75 Å². The number of urea groups is 1. The Hall–Kier alpha value is -5.68. The Morgan fingerprint density at radius 2 is 1.65 bits per heavy atom. The number of nitrogens with two attached hydrogens (primary N) is 1. The number of anilines is 3. The normalized spacial score (nSPS) is 20.4. The summed E-state index contributed by atoms with van der Waals surface area (Å²) in [5.41, 5.74) is 8.05. The predicted molar refractivity (Wildman–Crippen MR) is 256 cm³/mol. The number of nitrogen functional groups attached to an aromatic ring is 1. The fourth-order valence-corrected chi connectivity index (χ4v) is 10.6. The molecule has 1 saturated carbocycles. The van der Waals surface area contributed by atoms with Gasteiger partial charge in [-0.1, -0.05) is 24.4 Å². The number of nitrogens with one attached hydrogen (secondary N) is 2. The Morgan fingerprint density at radius 3 is 2.34 bits per heavy atom. The number of methoxy groups -OCH3 is 1. The van der Waals surface area contributed by atoms with Gasteiger partial charge in [-0.2, -0.15) is 13.2 Å². The van der Waals surface area contributed by atoms with Crippen LogP contribution in [0.2, 0.25) is 5.02 Å². The number of ether oxygens (including phenoxy) is 1. The Balaban J connectivity index is 0.770. The van der Waals surface area contributed by atoms with E-state index in [9.17, 15) is 32.3 Å². The first-order valence-corrected chi connectivity index (χ1v) is 24.2. The van der Waals surface area contributed by atoms with Gasteiger partial charge in [0.05, 0.1) is 34.9 Å². The van der Waals surface area contributed by atoms with Crippen molar-refractivity contribution in [1.29, 1.82) is 0 Å². The molecule has 0 radical (unpaired) electrons. The minimum atomic E-state index is -4.53. The molecule has 4 heterocycles. The minimum absolute atomic E-state index is 0.0305. The lowest BCUT2D eigenvalue weighted by Gasteiger charge is -2.38. The number of nitrogens with zero attached hydrogens (tertiary/aromatic N) is 6. The molecule has 8 rings (SSSR count). The topological polar surface area (TPSA) is 166 Å². The molecule has 1 aromatic heterocycles. The van der Waals surface area contributed by atoms with Crippen LogP contribution in [-0.4, -0.2) is 108 Å². The zero-order valence-corrected chi connectivity index (χ0v) is 39.7. The van der Waals surface area contributed by atoms with Crippen molar-refractivity contribution in [3.63, 3.8) is 0 Å². The molecule has 4 N–H and O–H groups in total.